The fourth-order valence-corrected chi connectivity index (χ4v) is 2.84. The van der Waals surface area contributed by atoms with E-state index >= 15 is 0 Å². The summed E-state index contributed by atoms with van der Waals surface area (Å²) in [5.74, 6) is 1.05. The first kappa shape index (κ1) is 17.5. The lowest BCUT2D eigenvalue weighted by Gasteiger charge is -2.25. The van der Waals surface area contributed by atoms with E-state index in [-0.39, 0.29) is 0 Å². The topological polar surface area (TPSA) is 25.4 Å². The van der Waals surface area contributed by atoms with Crippen molar-refractivity contribution in [3.63, 3.8) is 0 Å². The van der Waals surface area contributed by atoms with Gasteiger partial charge in [0.05, 0.1) is 6.10 Å². The molecular weight excluding hydrogens is 284 g/mol. The molecule has 0 bridgehead atoms. The van der Waals surface area contributed by atoms with Gasteiger partial charge in [-0.25, -0.2) is 4.98 Å². The van der Waals surface area contributed by atoms with E-state index in [0.29, 0.717) is 6.10 Å². The maximum absolute atomic E-state index is 5.57. The van der Waals surface area contributed by atoms with Crippen molar-refractivity contribution in [2.45, 2.75) is 38.7 Å². The number of anilines is 1. The number of rotatable bonds is 6. The number of pyridine rings is 1. The molecule has 0 saturated carbocycles. The lowest BCUT2D eigenvalue weighted by Crippen LogP contribution is -2.32. The van der Waals surface area contributed by atoms with Gasteiger partial charge in [-0.05, 0) is 43.9 Å². The Labute approximate surface area is 140 Å². The van der Waals surface area contributed by atoms with E-state index in [2.05, 4.69) is 29.7 Å². The van der Waals surface area contributed by atoms with Gasteiger partial charge >= 0.3 is 0 Å². The third kappa shape index (κ3) is 5.68. The molecule has 2 heterocycles. The molecule has 0 radical (unpaired) electrons. The van der Waals surface area contributed by atoms with Crippen LogP contribution in [-0.4, -0.2) is 31.3 Å². The monoisotopic (exact) mass is 312 g/mol. The van der Waals surface area contributed by atoms with Crippen LogP contribution in [-0.2, 0) is 11.2 Å². The summed E-state index contributed by atoms with van der Waals surface area (Å²) in [5, 5.41) is 0. The SMILES string of the molecule is C=C(/C=C\C=C/C)Cc1cccc(N2CCCC[C@H](OC)C2)n1. The van der Waals surface area contributed by atoms with Crippen molar-refractivity contribution >= 4 is 5.82 Å². The summed E-state index contributed by atoms with van der Waals surface area (Å²) >= 11 is 0. The van der Waals surface area contributed by atoms with Crippen LogP contribution in [0.3, 0.4) is 0 Å². The van der Waals surface area contributed by atoms with Crippen LogP contribution in [0.1, 0.15) is 31.9 Å². The summed E-state index contributed by atoms with van der Waals surface area (Å²) in [6, 6.07) is 6.26. The molecule has 0 aliphatic carbocycles. The van der Waals surface area contributed by atoms with E-state index in [4.69, 9.17) is 9.72 Å². The summed E-state index contributed by atoms with van der Waals surface area (Å²) in [7, 11) is 1.80. The third-order valence-electron chi connectivity index (χ3n) is 4.12. The van der Waals surface area contributed by atoms with Crippen molar-refractivity contribution in [2.24, 2.45) is 0 Å². The molecule has 1 aromatic rings. The predicted octanol–water partition coefficient (Wildman–Crippen LogP) is 4.32. The molecule has 1 saturated heterocycles. The van der Waals surface area contributed by atoms with Gasteiger partial charge in [0.1, 0.15) is 5.82 Å². The summed E-state index contributed by atoms with van der Waals surface area (Å²) < 4.78 is 5.57. The van der Waals surface area contributed by atoms with Crippen molar-refractivity contribution in [3.05, 3.63) is 60.3 Å². The van der Waals surface area contributed by atoms with Crippen molar-refractivity contribution in [2.75, 3.05) is 25.1 Å². The van der Waals surface area contributed by atoms with Gasteiger partial charge in [0.25, 0.3) is 0 Å². The Hall–Kier alpha value is -1.87. The molecule has 23 heavy (non-hydrogen) atoms. The van der Waals surface area contributed by atoms with E-state index in [9.17, 15) is 0 Å². The average molecular weight is 312 g/mol. The summed E-state index contributed by atoms with van der Waals surface area (Å²) in [6.07, 6.45) is 12.7. The standard InChI is InChI=1S/C20H28N2O/c1-4-5-6-10-17(2)15-18-11-9-13-20(21-18)22-14-8-7-12-19(16-22)23-3/h4-6,9-11,13,19H,2,7-8,12,14-16H2,1,3H3/b5-4-,10-6-/t19-/m0/s1. The summed E-state index contributed by atoms with van der Waals surface area (Å²) in [6.45, 7) is 8.10. The van der Waals surface area contributed by atoms with Crippen LogP contribution in [0, 0.1) is 0 Å². The normalized spacial score (nSPS) is 19.4. The van der Waals surface area contributed by atoms with Crippen LogP contribution in [0.4, 0.5) is 5.82 Å². The second kappa shape index (κ2) is 9.31. The minimum Gasteiger partial charge on any atom is -0.380 e. The number of aromatic nitrogens is 1. The average Bonchev–Trinajstić information content (AvgIpc) is 2.81. The fourth-order valence-electron chi connectivity index (χ4n) is 2.84. The number of hydrogen-bond acceptors (Lipinski definition) is 3. The minimum atomic E-state index is 0.307. The van der Waals surface area contributed by atoms with Gasteiger partial charge in [0.2, 0.25) is 0 Å². The Morgan fingerprint density at radius 1 is 1.39 bits per heavy atom. The maximum Gasteiger partial charge on any atom is 0.128 e. The first-order valence-electron chi connectivity index (χ1n) is 8.43. The number of methoxy groups -OCH3 is 1. The minimum absolute atomic E-state index is 0.307. The van der Waals surface area contributed by atoms with Gasteiger partial charge in [-0.3, -0.25) is 0 Å². The van der Waals surface area contributed by atoms with Gasteiger partial charge in [0, 0.05) is 32.3 Å². The van der Waals surface area contributed by atoms with E-state index in [1.54, 1.807) is 7.11 Å². The van der Waals surface area contributed by atoms with Crippen LogP contribution in [0.25, 0.3) is 0 Å². The van der Waals surface area contributed by atoms with Crippen molar-refractivity contribution < 1.29 is 4.74 Å². The van der Waals surface area contributed by atoms with Gasteiger partial charge in [0.15, 0.2) is 0 Å². The highest BCUT2D eigenvalue weighted by molar-refractivity contribution is 5.40. The van der Waals surface area contributed by atoms with E-state index in [1.807, 2.05) is 31.2 Å². The molecule has 0 aromatic carbocycles. The number of allylic oxidation sites excluding steroid dienone is 5. The molecular formula is C20H28N2O. The predicted molar refractivity (Wildman–Crippen MR) is 97.9 cm³/mol. The molecule has 0 unspecified atom stereocenters. The maximum atomic E-state index is 5.57. The largest absolute Gasteiger partial charge is 0.380 e. The second-order valence-corrected chi connectivity index (χ2v) is 6.01. The molecule has 0 spiro atoms. The fraction of sp³-hybridized carbons (Fsp3) is 0.450. The molecule has 3 heteroatoms. The van der Waals surface area contributed by atoms with E-state index < -0.39 is 0 Å². The Balaban J connectivity index is 2.05. The van der Waals surface area contributed by atoms with Crippen LogP contribution < -0.4 is 4.90 Å². The van der Waals surface area contributed by atoms with E-state index in [1.165, 1.54) is 12.8 Å². The van der Waals surface area contributed by atoms with E-state index in [0.717, 1.165) is 43.0 Å². The molecule has 1 aromatic heterocycles. The Morgan fingerprint density at radius 3 is 3.04 bits per heavy atom. The number of ether oxygens (including phenoxy) is 1. The lowest BCUT2D eigenvalue weighted by atomic mass is 10.1. The lowest BCUT2D eigenvalue weighted by molar-refractivity contribution is 0.103. The zero-order valence-electron chi connectivity index (χ0n) is 14.4. The second-order valence-electron chi connectivity index (χ2n) is 6.01. The molecule has 0 N–H and O–H groups in total. The highest BCUT2D eigenvalue weighted by Crippen LogP contribution is 2.20. The van der Waals surface area contributed by atoms with Crippen molar-refractivity contribution in [1.29, 1.82) is 0 Å². The first-order chi connectivity index (χ1) is 11.2. The van der Waals surface area contributed by atoms with Crippen LogP contribution >= 0.6 is 0 Å². The van der Waals surface area contributed by atoms with Gasteiger partial charge in [-0.2, -0.15) is 0 Å². The molecule has 3 nitrogen and oxygen atoms in total. The molecule has 2 rings (SSSR count). The Kier molecular flexibility index (Phi) is 7.08. The van der Waals surface area contributed by atoms with Crippen LogP contribution in [0.15, 0.2) is 54.7 Å². The van der Waals surface area contributed by atoms with Gasteiger partial charge in [-0.1, -0.05) is 36.9 Å². The molecule has 1 aliphatic rings. The van der Waals surface area contributed by atoms with Gasteiger partial charge in [-0.15, -0.1) is 0 Å². The Bertz CT molecular complexity index is 563. The highest BCUT2D eigenvalue weighted by atomic mass is 16.5. The highest BCUT2D eigenvalue weighted by Gasteiger charge is 2.18. The number of nitrogens with zero attached hydrogens (tertiary/aromatic N) is 2. The smallest absolute Gasteiger partial charge is 0.128 e. The van der Waals surface area contributed by atoms with Gasteiger partial charge < -0.3 is 9.64 Å². The van der Waals surface area contributed by atoms with Crippen molar-refractivity contribution in [1.82, 2.24) is 4.98 Å². The molecule has 124 valence electrons. The first-order valence-corrected chi connectivity index (χ1v) is 8.43. The molecule has 1 atom stereocenters. The third-order valence-corrected chi connectivity index (χ3v) is 4.12. The zero-order valence-corrected chi connectivity index (χ0v) is 14.4. The molecule has 1 aliphatic heterocycles. The summed E-state index contributed by atoms with van der Waals surface area (Å²) in [4.78, 5) is 7.18. The van der Waals surface area contributed by atoms with Crippen LogP contribution in [0.2, 0.25) is 0 Å². The quantitative estimate of drug-likeness (QED) is 0.732. The van der Waals surface area contributed by atoms with Crippen LogP contribution in [0.5, 0.6) is 0 Å². The summed E-state index contributed by atoms with van der Waals surface area (Å²) in [5.41, 5.74) is 2.13. The molecule has 0 amide bonds. The molecule has 1 fully saturated rings. The number of hydrogen-bond donors (Lipinski definition) is 0. The van der Waals surface area contributed by atoms with Crippen molar-refractivity contribution in [3.8, 4) is 0 Å². The zero-order chi connectivity index (χ0) is 16.5. The Morgan fingerprint density at radius 2 is 2.26 bits per heavy atom.